The smallest absolute Gasteiger partial charge is 0.469 e. The van der Waals surface area contributed by atoms with E-state index >= 15 is 0 Å². The lowest BCUT2D eigenvalue weighted by atomic mass is 10.00. The molecule has 0 bridgehead atoms. The quantitative estimate of drug-likeness (QED) is 0.183. The number of hydrogen-bond donors (Lipinski definition) is 6. The molecule has 11 heteroatoms. The molecule has 0 aromatic carbocycles. The van der Waals surface area contributed by atoms with Crippen molar-refractivity contribution < 1.29 is 29.1 Å². The van der Waals surface area contributed by atoms with Crippen molar-refractivity contribution in [3.63, 3.8) is 0 Å². The molecule has 0 aliphatic heterocycles. The molecule has 1 aliphatic carbocycles. The second-order valence-corrected chi connectivity index (χ2v) is 6.51. The first-order chi connectivity index (χ1) is 10.7. The van der Waals surface area contributed by atoms with Crippen molar-refractivity contribution in [3.8, 4) is 0 Å². The molecule has 1 fully saturated rings. The molecule has 0 saturated heterocycles. The van der Waals surface area contributed by atoms with Crippen LogP contribution >= 0.6 is 7.82 Å². The first-order valence-corrected chi connectivity index (χ1v) is 8.52. The summed E-state index contributed by atoms with van der Waals surface area (Å²) in [6.07, 6.45) is 2.64. The fourth-order valence-corrected chi connectivity index (χ4v) is 2.86. The topological polar surface area (TPSA) is 172 Å². The van der Waals surface area contributed by atoms with E-state index in [4.69, 9.17) is 15.6 Å². The summed E-state index contributed by atoms with van der Waals surface area (Å²) in [6.45, 7) is 1.26. The summed E-state index contributed by atoms with van der Waals surface area (Å²) in [5, 5.41) is 34.2. The van der Waals surface area contributed by atoms with Gasteiger partial charge in [-0.3, -0.25) is 10.4 Å². The second-order valence-electron chi connectivity index (χ2n) is 5.27. The highest BCUT2D eigenvalue weighted by molar-refractivity contribution is 7.46. The zero-order valence-corrected chi connectivity index (χ0v) is 13.5. The van der Waals surface area contributed by atoms with E-state index in [0.29, 0.717) is 5.70 Å². The van der Waals surface area contributed by atoms with E-state index in [1.165, 1.54) is 6.08 Å². The van der Waals surface area contributed by atoms with Crippen LogP contribution in [0.1, 0.15) is 13.3 Å². The van der Waals surface area contributed by atoms with Gasteiger partial charge in [0.2, 0.25) is 0 Å². The maximum Gasteiger partial charge on any atom is 0.469 e. The van der Waals surface area contributed by atoms with Gasteiger partial charge in [0.05, 0.1) is 18.8 Å². The van der Waals surface area contributed by atoms with E-state index in [0.717, 1.165) is 0 Å². The number of allylic oxidation sites excluding steroid dienone is 1. The van der Waals surface area contributed by atoms with E-state index in [-0.39, 0.29) is 24.7 Å². The van der Waals surface area contributed by atoms with Crippen LogP contribution in [0.4, 0.5) is 0 Å². The molecule has 0 amide bonds. The minimum absolute atomic E-state index is 0.122. The van der Waals surface area contributed by atoms with Crippen molar-refractivity contribution in [2.75, 3.05) is 13.2 Å². The van der Waals surface area contributed by atoms with Gasteiger partial charge >= 0.3 is 7.82 Å². The van der Waals surface area contributed by atoms with Gasteiger partial charge in [-0.15, -0.1) is 0 Å². The predicted molar refractivity (Wildman–Crippen MR) is 81.9 cm³/mol. The van der Waals surface area contributed by atoms with Crippen LogP contribution in [-0.4, -0.2) is 50.5 Å². The van der Waals surface area contributed by atoms with Gasteiger partial charge in [-0.1, -0.05) is 12.2 Å². The van der Waals surface area contributed by atoms with Gasteiger partial charge in [-0.2, -0.15) is 0 Å². The third-order valence-corrected chi connectivity index (χ3v) is 4.05. The Hall–Kier alpha value is -0.810. The van der Waals surface area contributed by atoms with Crippen molar-refractivity contribution in [2.45, 2.75) is 25.6 Å². The number of hydroxylamine groups is 1. The van der Waals surface area contributed by atoms with Crippen LogP contribution in [0.5, 0.6) is 0 Å². The number of rotatable bonds is 8. The van der Waals surface area contributed by atoms with Gasteiger partial charge in [0.25, 0.3) is 0 Å². The van der Waals surface area contributed by atoms with Crippen molar-refractivity contribution >= 4 is 7.82 Å². The fourth-order valence-electron chi connectivity index (χ4n) is 2.48. The van der Waals surface area contributed by atoms with E-state index < -0.39 is 31.9 Å². The second kappa shape index (κ2) is 8.88. The Morgan fingerprint density at radius 3 is 2.65 bits per heavy atom. The summed E-state index contributed by atoms with van der Waals surface area (Å²) >= 11 is 0. The molecule has 0 aromatic rings. The Bertz CT molecular complexity index is 479. The van der Waals surface area contributed by atoms with Gasteiger partial charge in [0.1, 0.15) is 0 Å². The lowest BCUT2D eigenvalue weighted by Gasteiger charge is -2.23. The Kier molecular flexibility index (Phi) is 7.81. The molecule has 7 N–H and O–H groups in total. The standard InChI is InChI=1S/C12H23N3O7P/c1-2-4-14-10(3-5-15(13)18)9-6-8(11(16)12(9)17)7-22-23(19,20)21/h2-4,8-9,11-12,14,16-17H,5-7,13H2,1H3,(H2,19,20,21)/q-1/b4-2-,10-3-. The van der Waals surface area contributed by atoms with Crippen LogP contribution in [0, 0.1) is 17.0 Å². The number of phosphoric ester groups is 1. The maximum absolute atomic E-state index is 10.8. The summed E-state index contributed by atoms with van der Waals surface area (Å²) < 4.78 is 15.2. The average molecular weight is 352 g/mol. The van der Waals surface area contributed by atoms with Crippen LogP contribution < -0.4 is 11.2 Å². The lowest BCUT2D eigenvalue weighted by Crippen LogP contribution is -2.32. The SMILES string of the molecule is C/C=C\N/C(=C\CN(N)[O-])C1CC(COP(=O)(O)O)C(O)C1O. The highest BCUT2D eigenvalue weighted by Gasteiger charge is 2.43. The molecule has 1 saturated carbocycles. The normalized spacial score (nSPS) is 29.7. The Labute approximate surface area is 134 Å². The zero-order valence-electron chi connectivity index (χ0n) is 12.6. The number of phosphoric acid groups is 1. The van der Waals surface area contributed by atoms with Crippen molar-refractivity contribution in [1.82, 2.24) is 10.5 Å². The first-order valence-electron chi connectivity index (χ1n) is 6.99. The molecule has 0 heterocycles. The summed E-state index contributed by atoms with van der Waals surface area (Å²) in [4.78, 5) is 17.4. The molecular weight excluding hydrogens is 329 g/mol. The van der Waals surface area contributed by atoms with Crippen LogP contribution in [-0.2, 0) is 9.09 Å². The van der Waals surface area contributed by atoms with Gasteiger partial charge in [-0.05, 0) is 19.5 Å². The Morgan fingerprint density at radius 2 is 2.13 bits per heavy atom. The Morgan fingerprint density at radius 1 is 1.48 bits per heavy atom. The van der Waals surface area contributed by atoms with Gasteiger partial charge in [0, 0.05) is 24.1 Å². The minimum atomic E-state index is -4.65. The van der Waals surface area contributed by atoms with Gasteiger partial charge in [-0.25, -0.2) is 4.57 Å². The van der Waals surface area contributed by atoms with Crippen molar-refractivity contribution in [3.05, 3.63) is 29.3 Å². The third kappa shape index (κ3) is 6.68. The summed E-state index contributed by atoms with van der Waals surface area (Å²) in [7, 11) is -4.65. The first kappa shape index (κ1) is 20.2. The monoisotopic (exact) mass is 352 g/mol. The number of aliphatic hydroxyl groups is 2. The number of nitrogens with one attached hydrogen (secondary N) is 1. The molecule has 0 radical (unpaired) electrons. The largest absolute Gasteiger partial charge is 0.772 e. The number of nitrogens with two attached hydrogens (primary N) is 1. The molecule has 0 aromatic heterocycles. The number of nitrogens with zero attached hydrogens (tertiary/aromatic N) is 1. The number of hydrazine groups is 1. The summed E-state index contributed by atoms with van der Waals surface area (Å²) in [5.41, 5.74) is 0.486. The molecule has 4 atom stereocenters. The zero-order chi connectivity index (χ0) is 17.6. The van der Waals surface area contributed by atoms with Crippen LogP contribution in [0.3, 0.4) is 0 Å². The average Bonchev–Trinajstić information content (AvgIpc) is 2.72. The van der Waals surface area contributed by atoms with E-state index in [1.54, 1.807) is 19.2 Å². The highest BCUT2D eigenvalue weighted by atomic mass is 31.2. The molecule has 134 valence electrons. The molecule has 10 nitrogen and oxygen atoms in total. The van der Waals surface area contributed by atoms with Crippen LogP contribution in [0.2, 0.25) is 0 Å². The minimum Gasteiger partial charge on any atom is -0.772 e. The molecule has 4 unspecified atom stereocenters. The number of aliphatic hydroxyl groups excluding tert-OH is 2. The molecule has 1 rings (SSSR count). The van der Waals surface area contributed by atoms with Crippen molar-refractivity contribution in [2.24, 2.45) is 17.7 Å². The van der Waals surface area contributed by atoms with Gasteiger partial charge < -0.3 is 35.7 Å². The Balaban J connectivity index is 2.82. The third-order valence-electron chi connectivity index (χ3n) is 3.57. The molecule has 1 aliphatic rings. The predicted octanol–water partition coefficient (Wildman–Crippen LogP) is -0.866. The van der Waals surface area contributed by atoms with E-state index in [9.17, 15) is 20.0 Å². The molecule has 23 heavy (non-hydrogen) atoms. The number of hydrogen-bond acceptors (Lipinski definition) is 8. The molecular formula is C12H23N3O7P-. The summed E-state index contributed by atoms with van der Waals surface area (Å²) in [6, 6.07) is 0. The molecule has 0 spiro atoms. The van der Waals surface area contributed by atoms with E-state index in [1.807, 2.05) is 0 Å². The maximum atomic E-state index is 10.8. The summed E-state index contributed by atoms with van der Waals surface area (Å²) in [5.74, 6) is 3.82. The highest BCUT2D eigenvalue weighted by Crippen LogP contribution is 2.41. The van der Waals surface area contributed by atoms with E-state index in [2.05, 4.69) is 9.84 Å². The van der Waals surface area contributed by atoms with Gasteiger partial charge in [0.15, 0.2) is 0 Å². The van der Waals surface area contributed by atoms with Crippen LogP contribution in [0.25, 0.3) is 0 Å². The fraction of sp³-hybridized carbons (Fsp3) is 0.667. The lowest BCUT2D eigenvalue weighted by molar-refractivity contribution is -0.00237. The van der Waals surface area contributed by atoms with Crippen molar-refractivity contribution in [1.29, 1.82) is 0 Å². The van der Waals surface area contributed by atoms with Crippen LogP contribution in [0.15, 0.2) is 24.0 Å².